The molecule has 138 valence electrons. The maximum atomic E-state index is 5.42. The van der Waals surface area contributed by atoms with E-state index in [1.165, 1.54) is 0 Å². The quantitative estimate of drug-likeness (QED) is 0.539. The number of rotatable bonds is 4. The molecule has 0 saturated carbocycles. The summed E-state index contributed by atoms with van der Waals surface area (Å²) in [6.45, 7) is 5.18. The number of halogens is 1. The van der Waals surface area contributed by atoms with Crippen LogP contribution < -0.4 is 15.1 Å². The summed E-state index contributed by atoms with van der Waals surface area (Å²) in [7, 11) is 0. The van der Waals surface area contributed by atoms with E-state index in [1.807, 2.05) is 12.1 Å². The van der Waals surface area contributed by atoms with Gasteiger partial charge in [-0.1, -0.05) is 0 Å². The van der Waals surface area contributed by atoms with Crippen LogP contribution >= 0.6 is 22.6 Å². The Morgan fingerprint density at radius 1 is 0.962 bits per heavy atom. The first kappa shape index (κ1) is 17.7. The van der Waals surface area contributed by atoms with E-state index in [2.05, 4.69) is 57.6 Å². The van der Waals surface area contributed by atoms with E-state index in [-0.39, 0.29) is 0 Å². The van der Waals surface area contributed by atoms with Crippen LogP contribution in [-0.2, 0) is 4.74 Å². The summed E-state index contributed by atoms with van der Waals surface area (Å²) in [6, 6.07) is 4.41. The molecular formula is C17H22IN7O. The van der Waals surface area contributed by atoms with Crippen molar-refractivity contribution in [2.45, 2.75) is 18.9 Å². The minimum atomic E-state index is 0.337. The van der Waals surface area contributed by atoms with E-state index in [4.69, 9.17) is 4.74 Å². The number of morpholine rings is 1. The average molecular weight is 467 g/mol. The Bertz CT molecular complexity index is 741. The maximum Gasteiger partial charge on any atom is 0.134 e. The first-order valence-electron chi connectivity index (χ1n) is 8.92. The zero-order valence-electron chi connectivity index (χ0n) is 14.5. The zero-order valence-corrected chi connectivity index (χ0v) is 16.7. The van der Waals surface area contributed by atoms with Crippen LogP contribution in [0.3, 0.4) is 0 Å². The van der Waals surface area contributed by atoms with E-state index < -0.39 is 0 Å². The molecule has 9 heteroatoms. The van der Waals surface area contributed by atoms with Crippen LogP contribution in [0.5, 0.6) is 0 Å². The van der Waals surface area contributed by atoms with Crippen molar-refractivity contribution in [1.82, 2.24) is 19.9 Å². The normalized spacial score (nSPS) is 20.9. The zero-order chi connectivity index (χ0) is 17.8. The molecule has 0 aromatic carbocycles. The summed E-state index contributed by atoms with van der Waals surface area (Å²) in [4.78, 5) is 22.0. The smallest absolute Gasteiger partial charge is 0.134 e. The monoisotopic (exact) mass is 467 g/mol. The third-order valence-corrected chi connectivity index (χ3v) is 5.29. The molecule has 8 nitrogen and oxygen atoms in total. The SMILES string of the molecule is Ic1cc(N2CCC[C@@H](Nc3cc(N4CCOCC4)ncn3)C2)ncn1. The fraction of sp³-hybridized carbons (Fsp3) is 0.529. The molecule has 0 bridgehead atoms. The minimum Gasteiger partial charge on any atom is -0.378 e. The van der Waals surface area contributed by atoms with Gasteiger partial charge in [0.1, 0.15) is 33.8 Å². The Kier molecular flexibility index (Phi) is 5.63. The number of hydrogen-bond donors (Lipinski definition) is 1. The molecule has 0 radical (unpaired) electrons. The van der Waals surface area contributed by atoms with Crippen molar-refractivity contribution >= 4 is 40.0 Å². The van der Waals surface area contributed by atoms with E-state index in [0.717, 1.165) is 73.4 Å². The third-order valence-electron chi connectivity index (χ3n) is 4.70. The van der Waals surface area contributed by atoms with E-state index in [0.29, 0.717) is 6.04 Å². The lowest BCUT2D eigenvalue weighted by Gasteiger charge is -2.34. The fourth-order valence-corrected chi connectivity index (χ4v) is 3.80. The third kappa shape index (κ3) is 4.32. The Morgan fingerprint density at radius 2 is 1.73 bits per heavy atom. The lowest BCUT2D eigenvalue weighted by atomic mass is 10.1. The molecule has 4 heterocycles. The molecule has 2 aromatic rings. The van der Waals surface area contributed by atoms with Gasteiger partial charge in [0.05, 0.1) is 13.2 Å². The van der Waals surface area contributed by atoms with Crippen LogP contribution in [0.4, 0.5) is 17.5 Å². The van der Waals surface area contributed by atoms with Gasteiger partial charge in [0.2, 0.25) is 0 Å². The molecule has 2 aromatic heterocycles. The first-order chi connectivity index (χ1) is 12.8. The number of anilines is 3. The summed E-state index contributed by atoms with van der Waals surface area (Å²) in [5, 5.41) is 3.58. The van der Waals surface area contributed by atoms with Crippen molar-refractivity contribution in [1.29, 1.82) is 0 Å². The second-order valence-electron chi connectivity index (χ2n) is 6.49. The molecule has 2 aliphatic heterocycles. The van der Waals surface area contributed by atoms with Crippen molar-refractivity contribution in [2.24, 2.45) is 0 Å². The molecule has 1 N–H and O–H groups in total. The van der Waals surface area contributed by atoms with Gasteiger partial charge in [0.15, 0.2) is 0 Å². The fourth-order valence-electron chi connectivity index (χ4n) is 3.40. The van der Waals surface area contributed by atoms with E-state index in [1.54, 1.807) is 12.7 Å². The highest BCUT2D eigenvalue weighted by atomic mass is 127. The van der Waals surface area contributed by atoms with Gasteiger partial charge in [-0.15, -0.1) is 0 Å². The Balaban J connectivity index is 1.42. The molecular weight excluding hydrogens is 445 g/mol. The van der Waals surface area contributed by atoms with Crippen LogP contribution in [0.2, 0.25) is 0 Å². The molecule has 2 aliphatic rings. The minimum absolute atomic E-state index is 0.337. The van der Waals surface area contributed by atoms with Gasteiger partial charge in [-0.05, 0) is 35.4 Å². The molecule has 2 saturated heterocycles. The van der Waals surface area contributed by atoms with E-state index in [9.17, 15) is 0 Å². The molecule has 4 rings (SSSR count). The topological polar surface area (TPSA) is 79.3 Å². The standard InChI is InChI=1S/C17H22IN7O/c18-14-8-16(21-11-19-14)25-3-1-2-13(10-25)23-15-9-17(22-12-20-15)24-4-6-26-7-5-24/h8-9,11-13H,1-7,10H2,(H,20,22,23)/t13-/m1/s1. The van der Waals surface area contributed by atoms with Crippen LogP contribution in [0.15, 0.2) is 24.8 Å². The van der Waals surface area contributed by atoms with Gasteiger partial charge >= 0.3 is 0 Å². The van der Waals surface area contributed by atoms with Crippen LogP contribution in [0.25, 0.3) is 0 Å². The van der Waals surface area contributed by atoms with Gasteiger partial charge in [-0.25, -0.2) is 19.9 Å². The van der Waals surface area contributed by atoms with Crippen molar-refractivity contribution in [3.63, 3.8) is 0 Å². The van der Waals surface area contributed by atoms with Crippen LogP contribution in [0.1, 0.15) is 12.8 Å². The summed E-state index contributed by atoms with van der Waals surface area (Å²) < 4.78 is 6.38. The lowest BCUT2D eigenvalue weighted by molar-refractivity contribution is 0.122. The van der Waals surface area contributed by atoms with Gasteiger partial charge in [0.25, 0.3) is 0 Å². The van der Waals surface area contributed by atoms with Crippen LogP contribution in [0, 0.1) is 3.70 Å². The first-order valence-corrected chi connectivity index (χ1v) is 9.99. The Morgan fingerprint density at radius 3 is 2.54 bits per heavy atom. The molecule has 0 unspecified atom stereocenters. The second kappa shape index (κ2) is 8.30. The number of nitrogens with zero attached hydrogens (tertiary/aromatic N) is 6. The molecule has 0 spiro atoms. The Labute approximate surface area is 166 Å². The highest BCUT2D eigenvalue weighted by Gasteiger charge is 2.22. The van der Waals surface area contributed by atoms with Gasteiger partial charge in [0, 0.05) is 44.4 Å². The number of hydrogen-bond acceptors (Lipinski definition) is 8. The lowest BCUT2D eigenvalue weighted by Crippen LogP contribution is -2.42. The van der Waals surface area contributed by atoms with Gasteiger partial charge < -0.3 is 19.9 Å². The van der Waals surface area contributed by atoms with Crippen LogP contribution in [-0.4, -0.2) is 65.4 Å². The van der Waals surface area contributed by atoms with Gasteiger partial charge in [-0.2, -0.15) is 0 Å². The predicted molar refractivity (Wildman–Crippen MR) is 109 cm³/mol. The summed E-state index contributed by atoms with van der Waals surface area (Å²) in [5.41, 5.74) is 0. The molecule has 1 atom stereocenters. The summed E-state index contributed by atoms with van der Waals surface area (Å²) in [5.74, 6) is 2.84. The largest absolute Gasteiger partial charge is 0.378 e. The predicted octanol–water partition coefficient (Wildman–Crippen LogP) is 1.79. The van der Waals surface area contributed by atoms with Gasteiger partial charge in [-0.3, -0.25) is 0 Å². The Hall–Kier alpha value is -1.75. The number of ether oxygens (including phenoxy) is 1. The second-order valence-corrected chi connectivity index (χ2v) is 7.59. The summed E-state index contributed by atoms with van der Waals surface area (Å²) in [6.07, 6.45) is 5.52. The highest BCUT2D eigenvalue weighted by molar-refractivity contribution is 14.1. The maximum absolute atomic E-state index is 5.42. The summed E-state index contributed by atoms with van der Waals surface area (Å²) >= 11 is 2.23. The molecule has 0 amide bonds. The average Bonchev–Trinajstić information content (AvgIpc) is 2.69. The number of aromatic nitrogens is 4. The van der Waals surface area contributed by atoms with Crippen molar-refractivity contribution in [3.05, 3.63) is 28.5 Å². The van der Waals surface area contributed by atoms with E-state index >= 15 is 0 Å². The number of piperidine rings is 1. The molecule has 2 fully saturated rings. The van der Waals surface area contributed by atoms with Crippen molar-refractivity contribution in [2.75, 3.05) is 54.5 Å². The van der Waals surface area contributed by atoms with Crippen molar-refractivity contribution in [3.8, 4) is 0 Å². The number of nitrogens with one attached hydrogen (secondary N) is 1. The van der Waals surface area contributed by atoms with Crippen molar-refractivity contribution < 1.29 is 4.74 Å². The molecule has 26 heavy (non-hydrogen) atoms. The molecule has 0 aliphatic carbocycles. The highest BCUT2D eigenvalue weighted by Crippen LogP contribution is 2.22.